The average molecular weight is 328 g/mol. The summed E-state index contributed by atoms with van der Waals surface area (Å²) in [6.07, 6.45) is 0. The maximum absolute atomic E-state index is 12.2. The van der Waals surface area contributed by atoms with E-state index in [2.05, 4.69) is 10.5 Å². The lowest BCUT2D eigenvalue weighted by Crippen LogP contribution is -2.20. The minimum atomic E-state index is -0.497. The molecule has 1 N–H and O–H groups in total. The van der Waals surface area contributed by atoms with Crippen molar-refractivity contribution in [2.75, 3.05) is 26.3 Å². The number of rotatable bonds is 7. The van der Waals surface area contributed by atoms with Crippen molar-refractivity contribution in [2.45, 2.75) is 6.92 Å². The van der Waals surface area contributed by atoms with Crippen LogP contribution in [0.3, 0.4) is 0 Å². The third kappa shape index (κ3) is 4.25. The van der Waals surface area contributed by atoms with E-state index in [9.17, 15) is 4.79 Å². The molecule has 2 rings (SSSR count). The number of hydrazone groups is 1. The highest BCUT2D eigenvalue weighted by atomic mass is 16.5. The van der Waals surface area contributed by atoms with E-state index in [-0.39, 0.29) is 12.3 Å². The third-order valence-electron chi connectivity index (χ3n) is 3.21. The van der Waals surface area contributed by atoms with Crippen LogP contribution in [0.2, 0.25) is 0 Å². The maximum Gasteiger partial charge on any atom is 0.359 e. The van der Waals surface area contributed by atoms with Gasteiger partial charge < -0.3 is 14.2 Å². The van der Waals surface area contributed by atoms with Crippen LogP contribution in [0.1, 0.15) is 12.5 Å². The highest BCUT2D eigenvalue weighted by Crippen LogP contribution is 2.29. The van der Waals surface area contributed by atoms with Gasteiger partial charge in [-0.15, -0.1) is 0 Å². The monoisotopic (exact) mass is 328 g/mol. The molecule has 0 aliphatic carbocycles. The van der Waals surface area contributed by atoms with Gasteiger partial charge in [-0.1, -0.05) is 30.3 Å². The first kappa shape index (κ1) is 17.3. The smallest absolute Gasteiger partial charge is 0.359 e. The highest BCUT2D eigenvalue weighted by molar-refractivity contribution is 6.43. The summed E-state index contributed by atoms with van der Waals surface area (Å²) in [7, 11) is 3.13. The minimum absolute atomic E-state index is 0.190. The molecule has 0 bridgehead atoms. The molecule has 0 unspecified atom stereocenters. The third-order valence-corrected chi connectivity index (χ3v) is 3.21. The number of ether oxygens (including phenoxy) is 3. The number of hydrogen-bond donors (Lipinski definition) is 1. The van der Waals surface area contributed by atoms with Crippen LogP contribution < -0.4 is 14.9 Å². The Bertz CT molecular complexity index is 714. The zero-order valence-electron chi connectivity index (χ0n) is 13.9. The van der Waals surface area contributed by atoms with Gasteiger partial charge in [-0.3, -0.25) is 5.43 Å². The molecule has 0 fully saturated rings. The normalized spacial score (nSPS) is 10.9. The molecule has 0 aliphatic heterocycles. The van der Waals surface area contributed by atoms with Gasteiger partial charge >= 0.3 is 5.97 Å². The number of hydrogen-bond acceptors (Lipinski definition) is 6. The van der Waals surface area contributed by atoms with Crippen molar-refractivity contribution in [1.29, 1.82) is 0 Å². The Labute approximate surface area is 141 Å². The zero-order chi connectivity index (χ0) is 17.4. The first-order valence-electron chi connectivity index (χ1n) is 7.47. The van der Waals surface area contributed by atoms with Crippen molar-refractivity contribution >= 4 is 17.4 Å². The number of anilines is 1. The number of methoxy groups -OCH3 is 2. The van der Waals surface area contributed by atoms with Gasteiger partial charge in [0.05, 0.1) is 26.5 Å². The molecule has 0 saturated carbocycles. The van der Waals surface area contributed by atoms with E-state index in [0.29, 0.717) is 22.7 Å². The van der Waals surface area contributed by atoms with E-state index in [4.69, 9.17) is 14.2 Å². The number of carbonyl (C=O) groups excluding carboxylic acids is 1. The Morgan fingerprint density at radius 1 is 1.08 bits per heavy atom. The summed E-state index contributed by atoms with van der Waals surface area (Å²) in [6, 6.07) is 14.4. The Kier molecular flexibility index (Phi) is 6.19. The molecule has 0 atom stereocenters. The van der Waals surface area contributed by atoms with E-state index >= 15 is 0 Å². The Morgan fingerprint density at radius 2 is 1.83 bits per heavy atom. The summed E-state index contributed by atoms with van der Waals surface area (Å²) >= 11 is 0. The van der Waals surface area contributed by atoms with E-state index in [1.807, 2.05) is 18.2 Å². The van der Waals surface area contributed by atoms with Crippen LogP contribution in [0, 0.1) is 0 Å². The first-order chi connectivity index (χ1) is 11.7. The molecule has 0 saturated heterocycles. The van der Waals surface area contributed by atoms with Gasteiger partial charge in [0.1, 0.15) is 11.5 Å². The second-order valence-corrected chi connectivity index (χ2v) is 4.72. The predicted molar refractivity (Wildman–Crippen MR) is 92.8 cm³/mol. The largest absolute Gasteiger partial charge is 0.497 e. The fourth-order valence-electron chi connectivity index (χ4n) is 2.03. The fraction of sp³-hybridized carbons (Fsp3) is 0.222. The zero-order valence-corrected chi connectivity index (χ0v) is 13.9. The van der Waals surface area contributed by atoms with Crippen molar-refractivity contribution < 1.29 is 19.0 Å². The first-order valence-corrected chi connectivity index (χ1v) is 7.47. The number of carbonyl (C=O) groups is 1. The van der Waals surface area contributed by atoms with Gasteiger partial charge in [0.25, 0.3) is 0 Å². The molecule has 0 spiro atoms. The molecule has 0 heterocycles. The molecular formula is C18H20N2O4. The van der Waals surface area contributed by atoms with Crippen molar-refractivity contribution in [3.8, 4) is 11.5 Å². The summed E-state index contributed by atoms with van der Waals surface area (Å²) in [5.41, 5.74) is 4.32. The van der Waals surface area contributed by atoms with E-state index in [1.165, 1.54) is 0 Å². The van der Waals surface area contributed by atoms with Gasteiger partial charge in [0, 0.05) is 11.6 Å². The quantitative estimate of drug-likeness (QED) is 0.480. The summed E-state index contributed by atoms with van der Waals surface area (Å²) in [5.74, 6) is 0.716. The molecular weight excluding hydrogens is 308 g/mol. The Balaban J connectivity index is 2.32. The minimum Gasteiger partial charge on any atom is -0.497 e. The lowest BCUT2D eigenvalue weighted by molar-refractivity contribution is -0.134. The van der Waals surface area contributed by atoms with Crippen LogP contribution in [0.25, 0.3) is 0 Å². The van der Waals surface area contributed by atoms with Crippen molar-refractivity contribution in [3.63, 3.8) is 0 Å². The van der Waals surface area contributed by atoms with E-state index in [0.717, 1.165) is 0 Å². The van der Waals surface area contributed by atoms with Crippen molar-refractivity contribution in [2.24, 2.45) is 5.10 Å². The molecule has 0 aromatic heterocycles. The average Bonchev–Trinajstić information content (AvgIpc) is 2.63. The molecule has 6 nitrogen and oxygen atoms in total. The molecule has 0 radical (unpaired) electrons. The van der Waals surface area contributed by atoms with Gasteiger partial charge in [0.2, 0.25) is 0 Å². The van der Waals surface area contributed by atoms with Crippen LogP contribution in [0.4, 0.5) is 5.69 Å². The summed E-state index contributed by atoms with van der Waals surface area (Å²) in [5, 5.41) is 4.22. The molecule has 2 aromatic rings. The number of nitrogens with zero attached hydrogens (tertiary/aromatic N) is 1. The van der Waals surface area contributed by atoms with Crippen LogP contribution in [0.5, 0.6) is 11.5 Å². The second kappa shape index (κ2) is 8.57. The topological polar surface area (TPSA) is 69.2 Å². The predicted octanol–water partition coefficient (Wildman–Crippen LogP) is 3.08. The van der Waals surface area contributed by atoms with Gasteiger partial charge in [-0.25, -0.2) is 4.79 Å². The highest BCUT2D eigenvalue weighted by Gasteiger charge is 2.15. The fourth-order valence-corrected chi connectivity index (χ4v) is 2.03. The molecule has 6 heteroatoms. The van der Waals surface area contributed by atoms with Crippen LogP contribution in [0.15, 0.2) is 53.6 Å². The van der Waals surface area contributed by atoms with Crippen molar-refractivity contribution in [1.82, 2.24) is 0 Å². The molecule has 0 amide bonds. The van der Waals surface area contributed by atoms with Crippen molar-refractivity contribution in [3.05, 3.63) is 54.1 Å². The number of nitrogens with one attached hydrogen (secondary N) is 1. The molecule has 24 heavy (non-hydrogen) atoms. The molecule has 0 aliphatic rings. The van der Waals surface area contributed by atoms with Crippen LogP contribution in [-0.4, -0.2) is 32.5 Å². The number of esters is 1. The standard InChI is InChI=1S/C18H20N2O4/c1-4-24-18(21)17(13-8-6-5-7-9-13)20-19-15-11-10-14(22-2)12-16(15)23-3/h5-12,19H,4H2,1-3H3/b20-17-. The van der Waals surface area contributed by atoms with E-state index < -0.39 is 5.97 Å². The second-order valence-electron chi connectivity index (χ2n) is 4.72. The lowest BCUT2D eigenvalue weighted by atomic mass is 10.1. The Hall–Kier alpha value is -3.02. The SMILES string of the molecule is CCOC(=O)/C(=N\Nc1ccc(OC)cc1OC)c1ccccc1. The van der Waals surface area contributed by atoms with Gasteiger partial charge in [0.15, 0.2) is 5.71 Å². The van der Waals surface area contributed by atoms with Crippen LogP contribution in [-0.2, 0) is 9.53 Å². The summed E-state index contributed by atoms with van der Waals surface area (Å²) in [4.78, 5) is 12.2. The van der Waals surface area contributed by atoms with Gasteiger partial charge in [-0.05, 0) is 19.1 Å². The molecule has 126 valence electrons. The molecule has 2 aromatic carbocycles. The van der Waals surface area contributed by atoms with Gasteiger partial charge in [-0.2, -0.15) is 5.10 Å². The Morgan fingerprint density at radius 3 is 2.46 bits per heavy atom. The summed E-state index contributed by atoms with van der Waals surface area (Å²) < 4.78 is 15.5. The maximum atomic E-state index is 12.2. The van der Waals surface area contributed by atoms with Crippen LogP contribution >= 0.6 is 0 Å². The van der Waals surface area contributed by atoms with E-state index in [1.54, 1.807) is 51.5 Å². The lowest BCUT2D eigenvalue weighted by Gasteiger charge is -2.11. The summed E-state index contributed by atoms with van der Waals surface area (Å²) in [6.45, 7) is 2.02. The number of benzene rings is 2.